The van der Waals surface area contributed by atoms with Crippen molar-refractivity contribution in [2.24, 2.45) is 5.92 Å². The molecule has 0 spiro atoms. The highest BCUT2D eigenvalue weighted by atomic mass is 16.1. The summed E-state index contributed by atoms with van der Waals surface area (Å²) >= 11 is 0. The van der Waals surface area contributed by atoms with Gasteiger partial charge in [0.25, 0.3) is 0 Å². The molecule has 108 valence electrons. The van der Waals surface area contributed by atoms with Crippen LogP contribution < -0.4 is 5.32 Å². The number of amides is 1. The molecule has 0 unspecified atom stereocenters. The Morgan fingerprint density at radius 1 is 1.30 bits per heavy atom. The fourth-order valence-electron chi connectivity index (χ4n) is 2.10. The molecule has 1 aromatic carbocycles. The molecule has 0 aliphatic rings. The lowest BCUT2D eigenvalue weighted by molar-refractivity contribution is -0.121. The van der Waals surface area contributed by atoms with Crippen molar-refractivity contribution in [2.75, 3.05) is 0 Å². The van der Waals surface area contributed by atoms with E-state index in [9.17, 15) is 4.79 Å². The van der Waals surface area contributed by atoms with Crippen LogP contribution in [0.5, 0.6) is 0 Å². The predicted octanol–water partition coefficient (Wildman–Crippen LogP) is 3.35. The minimum absolute atomic E-state index is 0.104. The van der Waals surface area contributed by atoms with Crippen LogP contribution in [0.15, 0.2) is 18.2 Å². The summed E-state index contributed by atoms with van der Waals surface area (Å²) in [6, 6.07) is 6.08. The van der Waals surface area contributed by atoms with E-state index in [0.717, 1.165) is 22.4 Å². The number of imidazole rings is 1. The molecule has 0 radical (unpaired) electrons. The van der Waals surface area contributed by atoms with Crippen LogP contribution in [0.2, 0.25) is 0 Å². The molecule has 0 saturated carbocycles. The summed E-state index contributed by atoms with van der Waals surface area (Å²) in [7, 11) is 0. The standard InChI is InChI=1S/C16H23N3O/c1-10(2)7-15(20)17-9-12-5-6-13-14(8-12)19-16(18-13)11(3)4/h5-6,8,10-11H,7,9H2,1-4H3,(H,17,20)(H,18,19). The van der Waals surface area contributed by atoms with E-state index in [2.05, 4.69) is 35.2 Å². The van der Waals surface area contributed by atoms with Crippen molar-refractivity contribution < 1.29 is 4.79 Å². The Labute approximate surface area is 120 Å². The average molecular weight is 273 g/mol. The van der Waals surface area contributed by atoms with E-state index in [4.69, 9.17) is 0 Å². The Morgan fingerprint density at radius 2 is 2.05 bits per heavy atom. The monoisotopic (exact) mass is 273 g/mol. The van der Waals surface area contributed by atoms with Crippen molar-refractivity contribution in [1.82, 2.24) is 15.3 Å². The maximum Gasteiger partial charge on any atom is 0.220 e. The Kier molecular flexibility index (Phi) is 4.42. The number of hydrogen-bond donors (Lipinski definition) is 2. The summed E-state index contributed by atoms with van der Waals surface area (Å²) in [5.41, 5.74) is 3.10. The lowest BCUT2D eigenvalue weighted by Gasteiger charge is -2.07. The normalized spacial score (nSPS) is 11.5. The summed E-state index contributed by atoms with van der Waals surface area (Å²) < 4.78 is 0. The molecule has 4 nitrogen and oxygen atoms in total. The molecule has 2 aromatic rings. The van der Waals surface area contributed by atoms with Gasteiger partial charge in [0, 0.05) is 18.9 Å². The fraction of sp³-hybridized carbons (Fsp3) is 0.500. The molecule has 1 amide bonds. The molecular formula is C16H23N3O. The first-order valence-electron chi connectivity index (χ1n) is 7.21. The zero-order valence-corrected chi connectivity index (χ0v) is 12.7. The van der Waals surface area contributed by atoms with Crippen molar-refractivity contribution >= 4 is 16.9 Å². The third-order valence-corrected chi connectivity index (χ3v) is 3.19. The third-order valence-electron chi connectivity index (χ3n) is 3.19. The van der Waals surface area contributed by atoms with Crippen LogP contribution in [0.1, 0.15) is 51.4 Å². The maximum absolute atomic E-state index is 11.7. The number of aromatic nitrogens is 2. The maximum atomic E-state index is 11.7. The highest BCUT2D eigenvalue weighted by molar-refractivity contribution is 5.77. The van der Waals surface area contributed by atoms with Crippen LogP contribution in [0.3, 0.4) is 0 Å². The highest BCUT2D eigenvalue weighted by Crippen LogP contribution is 2.18. The molecule has 0 atom stereocenters. The minimum atomic E-state index is 0.104. The SMILES string of the molecule is CC(C)CC(=O)NCc1ccc2nc(C(C)C)[nH]c2c1. The topological polar surface area (TPSA) is 57.8 Å². The molecule has 0 saturated heterocycles. The van der Waals surface area contributed by atoms with Crippen molar-refractivity contribution in [1.29, 1.82) is 0 Å². The molecule has 4 heteroatoms. The molecule has 1 aromatic heterocycles. The van der Waals surface area contributed by atoms with Gasteiger partial charge in [-0.3, -0.25) is 4.79 Å². The largest absolute Gasteiger partial charge is 0.352 e. The molecule has 1 heterocycles. The predicted molar refractivity (Wildman–Crippen MR) is 81.5 cm³/mol. The van der Waals surface area contributed by atoms with Crippen molar-refractivity contribution in [3.63, 3.8) is 0 Å². The number of fused-ring (bicyclic) bond motifs is 1. The van der Waals surface area contributed by atoms with Gasteiger partial charge in [-0.1, -0.05) is 33.8 Å². The summed E-state index contributed by atoms with van der Waals surface area (Å²) in [5, 5.41) is 2.95. The van der Waals surface area contributed by atoms with Crippen molar-refractivity contribution in [3.05, 3.63) is 29.6 Å². The number of carbonyl (C=O) groups is 1. The smallest absolute Gasteiger partial charge is 0.220 e. The van der Waals surface area contributed by atoms with Crippen LogP contribution in [-0.4, -0.2) is 15.9 Å². The van der Waals surface area contributed by atoms with Crippen LogP contribution in [0, 0.1) is 5.92 Å². The first-order valence-corrected chi connectivity index (χ1v) is 7.21. The summed E-state index contributed by atoms with van der Waals surface area (Å²) in [4.78, 5) is 19.5. The Balaban J connectivity index is 2.06. The number of hydrogen-bond acceptors (Lipinski definition) is 2. The van der Waals surface area contributed by atoms with Crippen molar-refractivity contribution in [3.8, 4) is 0 Å². The van der Waals surface area contributed by atoms with Crippen LogP contribution in [0.25, 0.3) is 11.0 Å². The second kappa shape index (κ2) is 6.07. The zero-order valence-electron chi connectivity index (χ0n) is 12.7. The van der Waals surface area contributed by atoms with Crippen LogP contribution >= 0.6 is 0 Å². The van der Waals surface area contributed by atoms with Gasteiger partial charge < -0.3 is 10.3 Å². The number of benzene rings is 1. The quantitative estimate of drug-likeness (QED) is 0.877. The van der Waals surface area contributed by atoms with Gasteiger partial charge in [-0.25, -0.2) is 4.98 Å². The molecule has 2 N–H and O–H groups in total. The Morgan fingerprint density at radius 3 is 2.70 bits per heavy atom. The molecule has 0 bridgehead atoms. The molecule has 20 heavy (non-hydrogen) atoms. The first-order chi connectivity index (χ1) is 9.45. The number of H-pyrrole nitrogens is 1. The Hall–Kier alpha value is -1.84. The van der Waals surface area contributed by atoms with Gasteiger partial charge in [-0.15, -0.1) is 0 Å². The second-order valence-corrected chi connectivity index (χ2v) is 6.00. The fourth-order valence-corrected chi connectivity index (χ4v) is 2.10. The highest BCUT2D eigenvalue weighted by Gasteiger charge is 2.08. The number of nitrogens with zero attached hydrogens (tertiary/aromatic N) is 1. The minimum Gasteiger partial charge on any atom is -0.352 e. The molecule has 0 aliphatic heterocycles. The number of carbonyl (C=O) groups excluding carboxylic acids is 1. The van der Waals surface area contributed by atoms with Crippen LogP contribution in [-0.2, 0) is 11.3 Å². The van der Waals surface area contributed by atoms with Crippen LogP contribution in [0.4, 0.5) is 0 Å². The van der Waals surface area contributed by atoms with E-state index in [0.29, 0.717) is 24.8 Å². The summed E-state index contributed by atoms with van der Waals surface area (Å²) in [5.74, 6) is 1.88. The van der Waals surface area contributed by atoms with Crippen molar-refractivity contribution in [2.45, 2.75) is 46.6 Å². The van der Waals surface area contributed by atoms with Gasteiger partial charge in [0.2, 0.25) is 5.91 Å². The Bertz CT molecular complexity index is 599. The van der Waals surface area contributed by atoms with Gasteiger partial charge in [-0.2, -0.15) is 0 Å². The lowest BCUT2D eigenvalue weighted by Crippen LogP contribution is -2.23. The van der Waals surface area contributed by atoms with E-state index in [-0.39, 0.29) is 5.91 Å². The van der Waals surface area contributed by atoms with E-state index < -0.39 is 0 Å². The average Bonchev–Trinajstić information content (AvgIpc) is 2.78. The molecule has 2 rings (SSSR count). The number of rotatable bonds is 5. The lowest BCUT2D eigenvalue weighted by atomic mass is 10.1. The zero-order chi connectivity index (χ0) is 14.7. The molecular weight excluding hydrogens is 250 g/mol. The van der Waals surface area contributed by atoms with Gasteiger partial charge in [-0.05, 0) is 23.6 Å². The summed E-state index contributed by atoms with van der Waals surface area (Å²) in [6.07, 6.45) is 0.573. The van der Waals surface area contributed by atoms with E-state index >= 15 is 0 Å². The van der Waals surface area contributed by atoms with E-state index in [1.165, 1.54) is 0 Å². The number of aromatic amines is 1. The van der Waals surface area contributed by atoms with E-state index in [1.807, 2.05) is 26.0 Å². The third kappa shape index (κ3) is 3.59. The van der Waals surface area contributed by atoms with Gasteiger partial charge in [0.1, 0.15) is 5.82 Å². The summed E-state index contributed by atoms with van der Waals surface area (Å²) in [6.45, 7) is 8.89. The molecule has 0 fully saturated rings. The first kappa shape index (κ1) is 14.6. The van der Waals surface area contributed by atoms with Gasteiger partial charge in [0.15, 0.2) is 0 Å². The van der Waals surface area contributed by atoms with Gasteiger partial charge in [0.05, 0.1) is 11.0 Å². The molecule has 0 aliphatic carbocycles. The van der Waals surface area contributed by atoms with E-state index in [1.54, 1.807) is 0 Å². The van der Waals surface area contributed by atoms with Gasteiger partial charge >= 0.3 is 0 Å². The number of nitrogens with one attached hydrogen (secondary N) is 2. The second-order valence-electron chi connectivity index (χ2n) is 6.00.